The Kier molecular flexibility index (Phi) is 7.64. The van der Waals surface area contributed by atoms with Crippen LogP contribution in [-0.2, 0) is 11.3 Å². The molecule has 9 heteroatoms. The lowest BCUT2D eigenvalue weighted by Crippen LogP contribution is -2.27. The average Bonchev–Trinajstić information content (AvgIpc) is 2.97. The maximum atomic E-state index is 13.3. The number of nitrogens with zero attached hydrogens (tertiary/aromatic N) is 1. The standard InChI is InChI=1S/C22H18Cl2FNO4S/c1-3-7-30-20-17(24)8-13(9-18(20)29-4-2)10-19-21(27)26(22(28)31-19)12-14-5-6-15(25)11-16(14)23/h3,5-6,8-11H,1,4,7,12H2,2H3/b19-10-. The summed E-state index contributed by atoms with van der Waals surface area (Å²) in [5, 5.41) is 0.00126. The molecule has 2 aromatic carbocycles. The van der Waals surface area contributed by atoms with Gasteiger partial charge in [0.15, 0.2) is 11.5 Å². The molecular weight excluding hydrogens is 464 g/mol. The van der Waals surface area contributed by atoms with E-state index in [9.17, 15) is 14.0 Å². The summed E-state index contributed by atoms with van der Waals surface area (Å²) < 4.78 is 24.4. The molecule has 0 saturated carbocycles. The van der Waals surface area contributed by atoms with Crippen LogP contribution in [0.5, 0.6) is 11.5 Å². The zero-order valence-corrected chi connectivity index (χ0v) is 18.8. The largest absolute Gasteiger partial charge is 0.490 e. The number of amides is 2. The highest BCUT2D eigenvalue weighted by atomic mass is 35.5. The van der Waals surface area contributed by atoms with Crippen molar-refractivity contribution in [3.63, 3.8) is 0 Å². The Labute approximate surface area is 193 Å². The molecular formula is C22H18Cl2FNO4S. The number of carbonyl (C=O) groups is 2. The van der Waals surface area contributed by atoms with Crippen LogP contribution in [0.3, 0.4) is 0 Å². The molecule has 2 amide bonds. The van der Waals surface area contributed by atoms with E-state index in [1.54, 1.807) is 24.3 Å². The molecule has 3 rings (SSSR count). The fourth-order valence-corrected chi connectivity index (χ4v) is 4.16. The van der Waals surface area contributed by atoms with Crippen LogP contribution in [0, 0.1) is 5.82 Å². The molecule has 1 saturated heterocycles. The second-order valence-electron chi connectivity index (χ2n) is 6.37. The topological polar surface area (TPSA) is 55.8 Å². The van der Waals surface area contributed by atoms with Crippen molar-refractivity contribution in [2.75, 3.05) is 13.2 Å². The molecule has 0 radical (unpaired) electrons. The van der Waals surface area contributed by atoms with E-state index >= 15 is 0 Å². The normalized spacial score (nSPS) is 15.0. The number of rotatable bonds is 8. The van der Waals surface area contributed by atoms with Gasteiger partial charge >= 0.3 is 0 Å². The van der Waals surface area contributed by atoms with Gasteiger partial charge < -0.3 is 9.47 Å². The van der Waals surface area contributed by atoms with E-state index in [1.807, 2.05) is 6.92 Å². The third-order valence-corrected chi connectivity index (χ3v) is 5.73. The number of hydrogen-bond acceptors (Lipinski definition) is 5. The third-order valence-electron chi connectivity index (χ3n) is 4.19. The van der Waals surface area contributed by atoms with Crippen LogP contribution in [0.1, 0.15) is 18.1 Å². The van der Waals surface area contributed by atoms with Gasteiger partial charge in [0, 0.05) is 5.02 Å². The van der Waals surface area contributed by atoms with Gasteiger partial charge in [0.1, 0.15) is 12.4 Å². The number of imide groups is 1. The monoisotopic (exact) mass is 481 g/mol. The lowest BCUT2D eigenvalue weighted by atomic mass is 10.1. The third kappa shape index (κ3) is 5.42. The number of ether oxygens (including phenoxy) is 2. The van der Waals surface area contributed by atoms with Gasteiger partial charge in [-0.15, -0.1) is 0 Å². The highest BCUT2D eigenvalue weighted by Gasteiger charge is 2.35. The van der Waals surface area contributed by atoms with Gasteiger partial charge in [0.2, 0.25) is 0 Å². The van der Waals surface area contributed by atoms with Crippen LogP contribution < -0.4 is 9.47 Å². The van der Waals surface area contributed by atoms with Crippen LogP contribution >= 0.6 is 35.0 Å². The van der Waals surface area contributed by atoms with Crippen LogP contribution in [0.2, 0.25) is 10.0 Å². The first-order valence-electron chi connectivity index (χ1n) is 9.23. The molecule has 0 atom stereocenters. The molecule has 0 bridgehead atoms. The van der Waals surface area contributed by atoms with E-state index < -0.39 is 17.0 Å². The van der Waals surface area contributed by atoms with Crippen molar-refractivity contribution in [1.29, 1.82) is 0 Å². The molecule has 1 aliphatic rings. The predicted octanol–water partition coefficient (Wildman–Crippen LogP) is 6.33. The first-order chi connectivity index (χ1) is 14.8. The van der Waals surface area contributed by atoms with Crippen molar-refractivity contribution in [2.45, 2.75) is 13.5 Å². The van der Waals surface area contributed by atoms with E-state index in [4.69, 9.17) is 32.7 Å². The number of hydrogen-bond donors (Lipinski definition) is 0. The summed E-state index contributed by atoms with van der Waals surface area (Å²) >= 11 is 13.2. The van der Waals surface area contributed by atoms with E-state index in [-0.39, 0.29) is 23.1 Å². The van der Waals surface area contributed by atoms with Gasteiger partial charge in [-0.2, -0.15) is 0 Å². The second kappa shape index (κ2) is 10.2. The quantitative estimate of drug-likeness (QED) is 0.325. The fraction of sp³-hybridized carbons (Fsp3) is 0.182. The zero-order chi connectivity index (χ0) is 22.5. The highest BCUT2D eigenvalue weighted by Crippen LogP contribution is 2.39. The minimum absolute atomic E-state index is 0.0552. The number of thioether (sulfide) groups is 1. The number of benzene rings is 2. The Bertz CT molecular complexity index is 1070. The Morgan fingerprint density at radius 2 is 1.94 bits per heavy atom. The first-order valence-corrected chi connectivity index (χ1v) is 10.8. The SMILES string of the molecule is C=CCOc1c(Cl)cc(/C=C2\SC(=O)N(Cc3ccc(F)cc3Cl)C2=O)cc1OCC. The molecule has 0 aromatic heterocycles. The number of halogens is 3. The molecule has 0 unspecified atom stereocenters. The zero-order valence-electron chi connectivity index (χ0n) is 16.5. The summed E-state index contributed by atoms with van der Waals surface area (Å²) in [4.78, 5) is 26.5. The molecule has 1 fully saturated rings. The van der Waals surface area contributed by atoms with E-state index in [0.29, 0.717) is 34.3 Å². The summed E-state index contributed by atoms with van der Waals surface area (Å²) in [5.41, 5.74) is 1.04. The van der Waals surface area contributed by atoms with Crippen molar-refractivity contribution >= 4 is 52.2 Å². The predicted molar refractivity (Wildman–Crippen MR) is 121 cm³/mol. The molecule has 5 nitrogen and oxygen atoms in total. The van der Waals surface area contributed by atoms with Crippen molar-refractivity contribution in [2.24, 2.45) is 0 Å². The molecule has 31 heavy (non-hydrogen) atoms. The first kappa shape index (κ1) is 23.2. The smallest absolute Gasteiger partial charge is 0.293 e. The molecule has 162 valence electrons. The lowest BCUT2D eigenvalue weighted by Gasteiger charge is -2.14. The van der Waals surface area contributed by atoms with Crippen LogP contribution in [-0.4, -0.2) is 29.3 Å². The minimum atomic E-state index is -0.495. The molecule has 0 N–H and O–H groups in total. The Morgan fingerprint density at radius 3 is 2.61 bits per heavy atom. The minimum Gasteiger partial charge on any atom is -0.490 e. The summed E-state index contributed by atoms with van der Waals surface area (Å²) in [6.07, 6.45) is 3.15. The molecule has 0 spiro atoms. The van der Waals surface area contributed by atoms with Crippen LogP contribution in [0.25, 0.3) is 6.08 Å². The highest BCUT2D eigenvalue weighted by molar-refractivity contribution is 8.18. The second-order valence-corrected chi connectivity index (χ2v) is 8.17. The molecule has 2 aromatic rings. The molecule has 1 aliphatic heterocycles. The summed E-state index contributed by atoms with van der Waals surface area (Å²) in [6, 6.07) is 7.11. The Hall–Kier alpha value is -2.48. The van der Waals surface area contributed by atoms with E-state index in [0.717, 1.165) is 22.7 Å². The van der Waals surface area contributed by atoms with Gasteiger partial charge in [-0.05, 0) is 60.2 Å². The number of carbonyl (C=O) groups excluding carboxylic acids is 2. The van der Waals surface area contributed by atoms with Gasteiger partial charge in [-0.1, -0.05) is 41.9 Å². The van der Waals surface area contributed by atoms with Crippen molar-refractivity contribution < 1.29 is 23.5 Å². The maximum absolute atomic E-state index is 13.3. The fourth-order valence-electron chi connectivity index (χ4n) is 2.82. The lowest BCUT2D eigenvalue weighted by molar-refractivity contribution is -0.123. The van der Waals surface area contributed by atoms with Gasteiger partial charge in [-0.25, -0.2) is 4.39 Å². The molecule has 1 heterocycles. The van der Waals surface area contributed by atoms with E-state index in [2.05, 4.69) is 6.58 Å². The van der Waals surface area contributed by atoms with Crippen molar-refractivity contribution in [3.8, 4) is 11.5 Å². The Balaban J connectivity index is 1.87. The maximum Gasteiger partial charge on any atom is 0.293 e. The summed E-state index contributed by atoms with van der Waals surface area (Å²) in [6.45, 7) is 6.02. The van der Waals surface area contributed by atoms with Crippen molar-refractivity contribution in [3.05, 3.63) is 74.9 Å². The summed E-state index contributed by atoms with van der Waals surface area (Å²) in [7, 11) is 0. The van der Waals surface area contributed by atoms with Gasteiger partial charge in [0.25, 0.3) is 11.1 Å². The van der Waals surface area contributed by atoms with Gasteiger partial charge in [-0.3, -0.25) is 14.5 Å². The average molecular weight is 482 g/mol. The van der Waals surface area contributed by atoms with Crippen LogP contribution in [0.15, 0.2) is 47.9 Å². The summed E-state index contributed by atoms with van der Waals surface area (Å²) in [5.74, 6) is -0.179. The van der Waals surface area contributed by atoms with Gasteiger partial charge in [0.05, 0.1) is 23.1 Å². The Morgan fingerprint density at radius 1 is 1.16 bits per heavy atom. The van der Waals surface area contributed by atoms with E-state index in [1.165, 1.54) is 12.1 Å². The van der Waals surface area contributed by atoms with Crippen molar-refractivity contribution in [1.82, 2.24) is 4.90 Å². The molecule has 0 aliphatic carbocycles. The van der Waals surface area contributed by atoms with Crippen LogP contribution in [0.4, 0.5) is 9.18 Å².